The predicted octanol–water partition coefficient (Wildman–Crippen LogP) is 2.13. The first-order valence-electron chi connectivity index (χ1n) is 9.81. The van der Waals surface area contributed by atoms with E-state index in [1.165, 1.54) is 5.56 Å². The van der Waals surface area contributed by atoms with Gasteiger partial charge in [0, 0.05) is 6.54 Å². The SMILES string of the molecule is CC(O)C1CCN(CCc2ccc([B]OC(C)(C)C(C)(C)O)cc2)CC1. The lowest BCUT2D eigenvalue weighted by molar-refractivity contribution is -0.0893. The standard InChI is InChI=1S/C21H35BNO3/c1-16(24)18-11-14-23(15-12-18)13-10-17-6-8-19(9-7-17)22-26-21(4,5)20(2,3)25/h6-9,16,18,24-25H,10-15H2,1-5H3. The molecule has 1 unspecified atom stereocenters. The van der Waals surface area contributed by atoms with Crippen LogP contribution in [0, 0.1) is 5.92 Å². The highest BCUT2D eigenvalue weighted by molar-refractivity contribution is 6.47. The molecule has 5 heteroatoms. The maximum absolute atomic E-state index is 10.1. The Morgan fingerprint density at radius 1 is 1.15 bits per heavy atom. The Kier molecular flexibility index (Phi) is 7.31. The highest BCUT2D eigenvalue weighted by Crippen LogP contribution is 2.24. The zero-order chi connectivity index (χ0) is 19.4. The fraction of sp³-hybridized carbons (Fsp3) is 0.714. The molecule has 2 rings (SSSR count). The summed E-state index contributed by atoms with van der Waals surface area (Å²) in [5.74, 6) is 0.467. The highest BCUT2D eigenvalue weighted by atomic mass is 16.5. The lowest BCUT2D eigenvalue weighted by atomic mass is 9.82. The second-order valence-corrected chi connectivity index (χ2v) is 8.72. The molecule has 0 bridgehead atoms. The van der Waals surface area contributed by atoms with Crippen LogP contribution in [0.2, 0.25) is 0 Å². The fourth-order valence-corrected chi connectivity index (χ4v) is 3.07. The van der Waals surface area contributed by atoms with Crippen molar-refractivity contribution in [3.8, 4) is 0 Å². The number of hydrogen-bond donors (Lipinski definition) is 2. The summed E-state index contributed by atoms with van der Waals surface area (Å²) in [5.41, 5.74) is 0.763. The minimum absolute atomic E-state index is 0.176. The van der Waals surface area contributed by atoms with Crippen LogP contribution in [-0.2, 0) is 11.1 Å². The summed E-state index contributed by atoms with van der Waals surface area (Å²) in [4.78, 5) is 2.49. The topological polar surface area (TPSA) is 52.9 Å². The summed E-state index contributed by atoms with van der Waals surface area (Å²) < 4.78 is 5.80. The second kappa shape index (κ2) is 8.88. The molecule has 1 aromatic carbocycles. The molecule has 0 aromatic heterocycles. The van der Waals surface area contributed by atoms with E-state index >= 15 is 0 Å². The smallest absolute Gasteiger partial charge is 0.330 e. The molecule has 1 radical (unpaired) electrons. The number of piperidine rings is 1. The number of rotatable bonds is 8. The van der Waals surface area contributed by atoms with Gasteiger partial charge in [-0.2, -0.15) is 0 Å². The van der Waals surface area contributed by atoms with E-state index in [0.717, 1.165) is 44.4 Å². The molecule has 26 heavy (non-hydrogen) atoms. The van der Waals surface area contributed by atoms with Gasteiger partial charge < -0.3 is 19.8 Å². The number of benzene rings is 1. The van der Waals surface area contributed by atoms with Gasteiger partial charge >= 0.3 is 7.48 Å². The van der Waals surface area contributed by atoms with Crippen molar-refractivity contribution >= 4 is 12.9 Å². The first-order chi connectivity index (χ1) is 12.1. The monoisotopic (exact) mass is 360 g/mol. The minimum Gasteiger partial charge on any atom is -0.427 e. The number of aliphatic hydroxyl groups excluding tert-OH is 1. The molecule has 1 heterocycles. The maximum atomic E-state index is 10.1. The lowest BCUT2D eigenvalue weighted by Crippen LogP contribution is -2.49. The van der Waals surface area contributed by atoms with Gasteiger partial charge in [-0.25, -0.2) is 0 Å². The van der Waals surface area contributed by atoms with E-state index in [4.69, 9.17) is 4.65 Å². The van der Waals surface area contributed by atoms with Crippen molar-refractivity contribution in [3.63, 3.8) is 0 Å². The van der Waals surface area contributed by atoms with Crippen LogP contribution < -0.4 is 5.46 Å². The minimum atomic E-state index is -0.912. The van der Waals surface area contributed by atoms with Gasteiger partial charge in [0.25, 0.3) is 0 Å². The molecule has 0 amide bonds. The van der Waals surface area contributed by atoms with Crippen molar-refractivity contribution in [3.05, 3.63) is 29.8 Å². The highest BCUT2D eigenvalue weighted by Gasteiger charge is 2.35. The van der Waals surface area contributed by atoms with Crippen molar-refractivity contribution < 1.29 is 14.9 Å². The van der Waals surface area contributed by atoms with Crippen LogP contribution in [0.15, 0.2) is 24.3 Å². The van der Waals surface area contributed by atoms with E-state index in [2.05, 4.69) is 29.2 Å². The van der Waals surface area contributed by atoms with Crippen molar-refractivity contribution in [2.45, 2.75) is 71.2 Å². The van der Waals surface area contributed by atoms with Crippen LogP contribution in [0.5, 0.6) is 0 Å². The molecule has 2 N–H and O–H groups in total. The van der Waals surface area contributed by atoms with Crippen LogP contribution in [0.25, 0.3) is 0 Å². The second-order valence-electron chi connectivity index (χ2n) is 8.72. The molecule has 1 aliphatic rings. The van der Waals surface area contributed by atoms with Crippen molar-refractivity contribution in [1.29, 1.82) is 0 Å². The molecule has 1 fully saturated rings. The molecule has 0 spiro atoms. The molecular weight excluding hydrogens is 325 g/mol. The molecular formula is C21H35BNO3. The zero-order valence-corrected chi connectivity index (χ0v) is 17.0. The Balaban J connectivity index is 1.76. The summed E-state index contributed by atoms with van der Waals surface area (Å²) >= 11 is 0. The number of hydrogen-bond acceptors (Lipinski definition) is 4. The van der Waals surface area contributed by atoms with E-state index in [1.807, 2.05) is 20.8 Å². The summed E-state index contributed by atoms with van der Waals surface area (Å²) in [5, 5.41) is 19.8. The zero-order valence-electron chi connectivity index (χ0n) is 17.0. The van der Waals surface area contributed by atoms with Gasteiger partial charge in [-0.05, 0) is 78.5 Å². The van der Waals surface area contributed by atoms with Crippen LogP contribution in [0.1, 0.15) is 53.0 Å². The van der Waals surface area contributed by atoms with Crippen LogP contribution in [0.3, 0.4) is 0 Å². The Morgan fingerprint density at radius 3 is 2.23 bits per heavy atom. The molecule has 145 valence electrons. The molecule has 0 aliphatic carbocycles. The average Bonchev–Trinajstić information content (AvgIpc) is 2.58. The first kappa shape index (κ1) is 21.4. The summed E-state index contributed by atoms with van der Waals surface area (Å²) in [7, 11) is 1.72. The third-order valence-electron chi connectivity index (χ3n) is 5.97. The van der Waals surface area contributed by atoms with Gasteiger partial charge in [0.1, 0.15) is 0 Å². The first-order valence-corrected chi connectivity index (χ1v) is 9.81. The maximum Gasteiger partial charge on any atom is 0.330 e. The van der Waals surface area contributed by atoms with Gasteiger partial charge in [0.2, 0.25) is 0 Å². The number of aliphatic hydroxyl groups is 2. The largest absolute Gasteiger partial charge is 0.427 e. The van der Waals surface area contributed by atoms with E-state index in [1.54, 1.807) is 21.3 Å². The van der Waals surface area contributed by atoms with Crippen LogP contribution in [0.4, 0.5) is 0 Å². The van der Waals surface area contributed by atoms with Gasteiger partial charge in [-0.15, -0.1) is 0 Å². The summed E-state index contributed by atoms with van der Waals surface area (Å²) in [6.45, 7) is 12.4. The average molecular weight is 360 g/mol. The van der Waals surface area contributed by atoms with Gasteiger partial charge in [-0.1, -0.05) is 29.7 Å². The number of likely N-dealkylation sites (tertiary alicyclic amines) is 1. The van der Waals surface area contributed by atoms with Gasteiger partial charge in [-0.3, -0.25) is 0 Å². The lowest BCUT2D eigenvalue weighted by Gasteiger charge is -2.37. The van der Waals surface area contributed by atoms with Crippen molar-refractivity contribution in [2.24, 2.45) is 5.92 Å². The Labute approximate surface area is 159 Å². The summed E-state index contributed by atoms with van der Waals surface area (Å²) in [6.07, 6.45) is 3.06. The van der Waals surface area contributed by atoms with Gasteiger partial charge in [0.15, 0.2) is 0 Å². The van der Waals surface area contributed by atoms with E-state index in [9.17, 15) is 10.2 Å². The molecule has 0 saturated carbocycles. The third kappa shape index (κ3) is 6.09. The normalized spacial score (nSPS) is 18.7. The van der Waals surface area contributed by atoms with E-state index in [-0.39, 0.29) is 6.10 Å². The molecule has 1 aliphatic heterocycles. The van der Waals surface area contributed by atoms with E-state index < -0.39 is 11.2 Å². The molecule has 1 saturated heterocycles. The fourth-order valence-electron chi connectivity index (χ4n) is 3.07. The Morgan fingerprint density at radius 2 is 1.73 bits per heavy atom. The quantitative estimate of drug-likeness (QED) is 0.698. The van der Waals surface area contributed by atoms with Crippen molar-refractivity contribution in [1.82, 2.24) is 4.90 Å². The predicted molar refractivity (Wildman–Crippen MR) is 108 cm³/mol. The molecule has 1 atom stereocenters. The third-order valence-corrected chi connectivity index (χ3v) is 5.97. The van der Waals surface area contributed by atoms with Gasteiger partial charge in [0.05, 0.1) is 17.3 Å². The Bertz CT molecular complexity index is 543. The molecule has 1 aromatic rings. The number of nitrogens with zero attached hydrogens (tertiary/aromatic N) is 1. The van der Waals surface area contributed by atoms with Crippen LogP contribution in [-0.4, -0.2) is 59.5 Å². The molecule has 4 nitrogen and oxygen atoms in total. The van der Waals surface area contributed by atoms with Crippen LogP contribution >= 0.6 is 0 Å². The van der Waals surface area contributed by atoms with E-state index in [0.29, 0.717) is 5.92 Å². The Hall–Kier alpha value is -0.875. The summed E-state index contributed by atoms with van der Waals surface area (Å²) in [6, 6.07) is 8.43. The van der Waals surface area contributed by atoms with Crippen molar-refractivity contribution in [2.75, 3.05) is 19.6 Å².